The number of nitriles is 2. The lowest BCUT2D eigenvalue weighted by Gasteiger charge is -2.31. The SMILES string of the molecule is CSC(CNC(=O)CC#N)(NC(=O)Nc1ccc2c(c1)OCO2)C(=O)NCCC#N. The number of anilines is 1. The molecule has 2 rings (SSSR count). The molecule has 1 atom stereocenters. The van der Waals surface area contributed by atoms with Crippen LogP contribution in [-0.4, -0.2) is 48.9 Å². The van der Waals surface area contributed by atoms with Gasteiger partial charge in [0.1, 0.15) is 6.42 Å². The lowest BCUT2D eigenvalue weighted by Crippen LogP contribution is -2.62. The van der Waals surface area contributed by atoms with E-state index in [1.54, 1.807) is 30.5 Å². The lowest BCUT2D eigenvalue weighted by molar-refractivity contribution is -0.124. The molecule has 0 radical (unpaired) electrons. The molecule has 0 aliphatic carbocycles. The molecule has 4 N–H and O–H groups in total. The van der Waals surface area contributed by atoms with Crippen molar-refractivity contribution in [2.24, 2.45) is 0 Å². The van der Waals surface area contributed by atoms with Crippen LogP contribution in [0.2, 0.25) is 0 Å². The first-order valence-corrected chi connectivity index (χ1v) is 9.99. The highest BCUT2D eigenvalue weighted by Crippen LogP contribution is 2.34. The number of nitrogens with one attached hydrogen (secondary N) is 4. The maximum absolute atomic E-state index is 12.7. The Labute approximate surface area is 177 Å². The molecule has 1 aromatic carbocycles. The van der Waals surface area contributed by atoms with Crippen LogP contribution in [0.15, 0.2) is 18.2 Å². The van der Waals surface area contributed by atoms with Crippen LogP contribution < -0.4 is 30.7 Å². The van der Waals surface area contributed by atoms with Gasteiger partial charge in [-0.05, 0) is 18.4 Å². The third kappa shape index (κ3) is 5.93. The van der Waals surface area contributed by atoms with Gasteiger partial charge in [0.05, 0.1) is 25.1 Å². The second kappa shape index (κ2) is 10.8. The maximum Gasteiger partial charge on any atom is 0.320 e. The van der Waals surface area contributed by atoms with E-state index in [-0.39, 0.29) is 32.7 Å². The van der Waals surface area contributed by atoms with Crippen LogP contribution in [0.3, 0.4) is 0 Å². The number of fused-ring (bicyclic) bond motifs is 1. The standard InChI is InChI=1S/C18H20N6O5S/c1-30-18(10-22-15(25)5-7-20,16(26)21-8-2-6-19)24-17(27)23-12-3-4-13-14(9-12)29-11-28-13/h3-4,9H,2,5,8,10-11H2,1H3,(H,21,26)(H,22,25)(H2,23,24,27). The second-order valence-electron chi connectivity index (χ2n) is 5.95. The molecular formula is C18H20N6O5S. The van der Waals surface area contributed by atoms with Crippen LogP contribution in [0.1, 0.15) is 12.8 Å². The highest BCUT2D eigenvalue weighted by atomic mass is 32.2. The third-order valence-corrected chi connectivity index (χ3v) is 5.09. The van der Waals surface area contributed by atoms with Crippen molar-refractivity contribution < 1.29 is 23.9 Å². The number of ether oxygens (including phenoxy) is 2. The molecule has 0 saturated heterocycles. The number of nitrogens with zero attached hydrogens (tertiary/aromatic N) is 2. The fraction of sp³-hybridized carbons (Fsp3) is 0.389. The van der Waals surface area contributed by atoms with Crippen LogP contribution in [-0.2, 0) is 9.59 Å². The Morgan fingerprint density at radius 3 is 2.63 bits per heavy atom. The van der Waals surface area contributed by atoms with Crippen molar-refractivity contribution in [2.75, 3.05) is 31.5 Å². The number of benzene rings is 1. The van der Waals surface area contributed by atoms with Gasteiger partial charge in [0.25, 0.3) is 5.91 Å². The van der Waals surface area contributed by atoms with Gasteiger partial charge in [0.15, 0.2) is 16.4 Å². The fourth-order valence-electron chi connectivity index (χ4n) is 2.45. The van der Waals surface area contributed by atoms with Crippen molar-refractivity contribution in [3.8, 4) is 23.6 Å². The minimum Gasteiger partial charge on any atom is -0.454 e. The van der Waals surface area contributed by atoms with E-state index in [0.29, 0.717) is 17.2 Å². The van der Waals surface area contributed by atoms with E-state index in [2.05, 4.69) is 21.3 Å². The Morgan fingerprint density at radius 1 is 1.17 bits per heavy atom. The van der Waals surface area contributed by atoms with Gasteiger partial charge in [-0.3, -0.25) is 9.59 Å². The Hall–Kier alpha value is -3.64. The predicted molar refractivity (Wildman–Crippen MR) is 107 cm³/mol. The van der Waals surface area contributed by atoms with Gasteiger partial charge in [0, 0.05) is 18.3 Å². The minimum atomic E-state index is -1.57. The summed E-state index contributed by atoms with van der Waals surface area (Å²) < 4.78 is 10.5. The number of amides is 4. The predicted octanol–water partition coefficient (Wildman–Crippen LogP) is 0.656. The van der Waals surface area contributed by atoms with E-state index in [0.717, 1.165) is 11.8 Å². The molecule has 1 aromatic rings. The zero-order valence-electron chi connectivity index (χ0n) is 16.1. The largest absolute Gasteiger partial charge is 0.454 e. The fourth-order valence-corrected chi connectivity index (χ4v) is 3.12. The van der Waals surface area contributed by atoms with Gasteiger partial charge in [-0.1, -0.05) is 0 Å². The maximum atomic E-state index is 12.7. The molecule has 0 aromatic heterocycles. The highest BCUT2D eigenvalue weighted by Gasteiger charge is 2.40. The monoisotopic (exact) mass is 432 g/mol. The van der Waals surface area contributed by atoms with Crippen LogP contribution in [0.25, 0.3) is 0 Å². The molecule has 30 heavy (non-hydrogen) atoms. The van der Waals surface area contributed by atoms with E-state index in [4.69, 9.17) is 20.0 Å². The smallest absolute Gasteiger partial charge is 0.320 e. The summed E-state index contributed by atoms with van der Waals surface area (Å²) >= 11 is 0.993. The average Bonchev–Trinajstić information content (AvgIpc) is 3.19. The molecule has 12 heteroatoms. The Balaban J connectivity index is 2.12. The molecule has 1 unspecified atom stereocenters. The van der Waals surface area contributed by atoms with Gasteiger partial charge in [-0.2, -0.15) is 10.5 Å². The van der Waals surface area contributed by atoms with Crippen LogP contribution >= 0.6 is 11.8 Å². The highest BCUT2D eigenvalue weighted by molar-refractivity contribution is 8.00. The minimum absolute atomic E-state index is 0.0786. The molecule has 11 nitrogen and oxygen atoms in total. The topological polar surface area (TPSA) is 165 Å². The van der Waals surface area contributed by atoms with E-state index in [1.807, 2.05) is 6.07 Å². The Kier molecular flexibility index (Phi) is 8.14. The molecular weight excluding hydrogens is 412 g/mol. The zero-order chi connectivity index (χ0) is 22.0. The number of urea groups is 1. The van der Waals surface area contributed by atoms with Crippen LogP contribution in [0.4, 0.5) is 10.5 Å². The first kappa shape index (κ1) is 22.6. The number of rotatable bonds is 9. The number of hydrogen-bond donors (Lipinski definition) is 4. The van der Waals surface area contributed by atoms with Gasteiger partial charge in [-0.15, -0.1) is 11.8 Å². The number of thioether (sulfide) groups is 1. The number of carbonyl (C=O) groups is 3. The van der Waals surface area contributed by atoms with Crippen molar-refractivity contribution in [1.29, 1.82) is 10.5 Å². The van der Waals surface area contributed by atoms with Crippen LogP contribution in [0, 0.1) is 22.7 Å². The quantitative estimate of drug-likeness (QED) is 0.326. The molecule has 4 amide bonds. The molecule has 1 heterocycles. The van der Waals surface area contributed by atoms with E-state index in [1.165, 1.54) is 0 Å². The summed E-state index contributed by atoms with van der Waals surface area (Å²) in [4.78, 5) is 35.5. The van der Waals surface area contributed by atoms with Crippen molar-refractivity contribution >= 4 is 35.3 Å². The Bertz CT molecular complexity index is 896. The first-order valence-electron chi connectivity index (χ1n) is 8.77. The molecule has 0 saturated carbocycles. The summed E-state index contributed by atoms with van der Waals surface area (Å²) in [7, 11) is 0. The summed E-state index contributed by atoms with van der Waals surface area (Å²) in [5.74, 6) is -0.152. The summed E-state index contributed by atoms with van der Waals surface area (Å²) in [5.41, 5.74) is 0.408. The van der Waals surface area contributed by atoms with E-state index < -0.39 is 22.7 Å². The summed E-state index contributed by atoms with van der Waals surface area (Å²) in [6.45, 7) is -0.0945. The zero-order valence-corrected chi connectivity index (χ0v) is 16.9. The van der Waals surface area contributed by atoms with Gasteiger partial charge < -0.3 is 30.7 Å². The lowest BCUT2D eigenvalue weighted by atomic mass is 10.2. The summed E-state index contributed by atoms with van der Waals surface area (Å²) in [6, 6.07) is 7.73. The van der Waals surface area contributed by atoms with Gasteiger partial charge in [0.2, 0.25) is 12.7 Å². The molecule has 0 spiro atoms. The van der Waals surface area contributed by atoms with Crippen molar-refractivity contribution in [2.45, 2.75) is 17.7 Å². The van der Waals surface area contributed by atoms with E-state index in [9.17, 15) is 14.4 Å². The van der Waals surface area contributed by atoms with Crippen molar-refractivity contribution in [1.82, 2.24) is 16.0 Å². The van der Waals surface area contributed by atoms with Crippen molar-refractivity contribution in [3.63, 3.8) is 0 Å². The second-order valence-corrected chi connectivity index (χ2v) is 7.06. The van der Waals surface area contributed by atoms with Gasteiger partial charge >= 0.3 is 6.03 Å². The van der Waals surface area contributed by atoms with Gasteiger partial charge in [-0.25, -0.2) is 4.79 Å². The first-order chi connectivity index (χ1) is 14.4. The average molecular weight is 432 g/mol. The molecule has 158 valence electrons. The summed E-state index contributed by atoms with van der Waals surface area (Å²) in [5, 5.41) is 27.5. The molecule has 1 aliphatic rings. The number of carbonyl (C=O) groups excluding carboxylic acids is 3. The van der Waals surface area contributed by atoms with Crippen molar-refractivity contribution in [3.05, 3.63) is 18.2 Å². The molecule has 0 bridgehead atoms. The van der Waals surface area contributed by atoms with E-state index >= 15 is 0 Å². The Morgan fingerprint density at radius 2 is 1.93 bits per heavy atom. The number of hydrogen-bond acceptors (Lipinski definition) is 8. The normalized spacial score (nSPS) is 13.2. The third-order valence-electron chi connectivity index (χ3n) is 3.96. The molecule has 0 fully saturated rings. The summed E-state index contributed by atoms with van der Waals surface area (Å²) in [6.07, 6.45) is 1.28. The molecule has 1 aliphatic heterocycles. The van der Waals surface area contributed by atoms with Crippen LogP contribution in [0.5, 0.6) is 11.5 Å².